The largest absolute Gasteiger partial charge is 0.455 e. The van der Waals surface area contributed by atoms with Gasteiger partial charge in [0.1, 0.15) is 11.2 Å². The van der Waals surface area contributed by atoms with Crippen LogP contribution >= 0.6 is 0 Å². The first-order valence-electron chi connectivity index (χ1n) is 19.0. The normalized spacial score (nSPS) is 16.9. The molecule has 0 radical (unpaired) electrons. The third kappa shape index (κ3) is 3.19. The molecule has 178 valence electrons. The van der Waals surface area contributed by atoms with E-state index in [4.69, 9.17) is 18.1 Å². The van der Waals surface area contributed by atoms with Crippen molar-refractivity contribution in [1.29, 1.82) is 0 Å². The van der Waals surface area contributed by atoms with Gasteiger partial charge < -0.3 is 4.42 Å². The number of para-hydroxylation sites is 2. The monoisotopic (exact) mass is 498 g/mol. The topological polar surface area (TPSA) is 13.1 Å². The van der Waals surface area contributed by atoms with Crippen LogP contribution in [-0.2, 0) is 6.42 Å². The summed E-state index contributed by atoms with van der Waals surface area (Å²) in [7, 11) is 0. The van der Waals surface area contributed by atoms with Crippen LogP contribution in [-0.4, -0.2) is 0 Å². The van der Waals surface area contributed by atoms with Crippen LogP contribution in [0.2, 0.25) is 0 Å². The molecule has 38 heavy (non-hydrogen) atoms. The van der Waals surface area contributed by atoms with Crippen LogP contribution in [0.3, 0.4) is 0 Å². The van der Waals surface area contributed by atoms with Gasteiger partial charge in [-0.2, -0.15) is 0 Å². The van der Waals surface area contributed by atoms with E-state index in [0.717, 1.165) is 5.39 Å². The van der Waals surface area contributed by atoms with E-state index in [2.05, 4.69) is 0 Å². The molecule has 1 nitrogen and oxygen atoms in total. The molecule has 1 aromatic heterocycles. The van der Waals surface area contributed by atoms with Crippen molar-refractivity contribution in [2.24, 2.45) is 0 Å². The number of hydrogen-bond acceptors (Lipinski definition) is 1. The summed E-state index contributed by atoms with van der Waals surface area (Å²) in [4.78, 5) is 0. The van der Waals surface area contributed by atoms with Gasteiger partial charge in [-0.1, -0.05) is 127 Å². The Morgan fingerprint density at radius 3 is 2.00 bits per heavy atom. The number of fused-ring (bicyclic) bond motifs is 6. The van der Waals surface area contributed by atoms with Gasteiger partial charge in [0.2, 0.25) is 0 Å². The third-order valence-corrected chi connectivity index (χ3v) is 6.90. The Kier molecular flexibility index (Phi) is 2.56. The van der Waals surface area contributed by atoms with Gasteiger partial charge in [0, 0.05) is 21.9 Å². The van der Waals surface area contributed by atoms with Crippen molar-refractivity contribution in [2.75, 3.05) is 0 Å². The van der Waals surface area contributed by atoms with E-state index in [0.29, 0.717) is 22.1 Å². The number of benzene rings is 7. The van der Waals surface area contributed by atoms with E-state index in [1.165, 1.54) is 6.07 Å². The highest BCUT2D eigenvalue weighted by Crippen LogP contribution is 2.44. The molecule has 8 aromatic rings. The minimum Gasteiger partial charge on any atom is -0.455 e. The van der Waals surface area contributed by atoms with Crippen molar-refractivity contribution in [3.63, 3.8) is 0 Å². The van der Waals surface area contributed by atoms with Crippen LogP contribution < -0.4 is 0 Å². The molecule has 0 aliphatic rings. The van der Waals surface area contributed by atoms with Crippen molar-refractivity contribution in [3.8, 4) is 11.1 Å². The van der Waals surface area contributed by atoms with Gasteiger partial charge in [-0.25, -0.2) is 0 Å². The maximum atomic E-state index is 9.22. The van der Waals surface area contributed by atoms with Crippen LogP contribution in [0.15, 0.2) is 138 Å². The molecule has 0 atom stereocenters. The Balaban J connectivity index is 1.61. The lowest BCUT2D eigenvalue weighted by atomic mass is 9.86. The summed E-state index contributed by atoms with van der Waals surface area (Å²) in [6.07, 6.45) is -0.379. The first-order valence-corrected chi connectivity index (χ1v) is 12.0. The minimum atomic E-state index is -0.591. The van der Waals surface area contributed by atoms with E-state index >= 15 is 0 Å². The highest BCUT2D eigenvalue weighted by molar-refractivity contribution is 6.20. The van der Waals surface area contributed by atoms with Gasteiger partial charge in [0.15, 0.2) is 0 Å². The Labute approximate surface area is 240 Å². The van der Waals surface area contributed by atoms with Crippen LogP contribution in [0, 0.1) is 0 Å². The molecule has 8 rings (SSSR count). The average Bonchev–Trinajstić information content (AvgIpc) is 3.53. The average molecular weight is 499 g/mol. The van der Waals surface area contributed by atoms with Gasteiger partial charge in [-0.05, 0) is 55.9 Å². The van der Waals surface area contributed by atoms with E-state index in [1.54, 1.807) is 24.3 Å². The summed E-state index contributed by atoms with van der Waals surface area (Å²) in [5.74, 6) is 0. The van der Waals surface area contributed by atoms with Crippen LogP contribution in [0.25, 0.3) is 65.4 Å². The molecule has 0 fully saturated rings. The van der Waals surface area contributed by atoms with Crippen molar-refractivity contribution in [3.05, 3.63) is 144 Å². The van der Waals surface area contributed by atoms with Gasteiger partial charge in [0.25, 0.3) is 0 Å². The lowest BCUT2D eigenvalue weighted by Gasteiger charge is -2.18. The fourth-order valence-electron chi connectivity index (χ4n) is 5.26. The Hall–Kier alpha value is -4.88. The predicted molar refractivity (Wildman–Crippen MR) is 161 cm³/mol. The molecule has 0 aliphatic carbocycles. The van der Waals surface area contributed by atoms with Gasteiger partial charge in [0.05, 0.1) is 19.2 Å². The van der Waals surface area contributed by atoms with E-state index < -0.39 is 84.6 Å². The Morgan fingerprint density at radius 2 is 1.21 bits per heavy atom. The first-order chi connectivity index (χ1) is 24.7. The SMILES string of the molecule is [2H]c1c([2H])c([2H])c2c([2H])c([2H])c(Cc3c4c([2H])c([2H])c([2H])c([2H])c4c(-c4cccc5c4oc4ccccc45)c4c([2H])c([2H])c([2H])c([2H])c34)cc2c1[2H]. The summed E-state index contributed by atoms with van der Waals surface area (Å²) in [5, 5.41) is 1.07. The highest BCUT2D eigenvalue weighted by Gasteiger charge is 2.19. The van der Waals surface area contributed by atoms with Crippen LogP contribution in [0.4, 0.5) is 0 Å². The smallest absolute Gasteiger partial charge is 0.143 e. The Bertz CT molecular complexity index is 2850. The summed E-state index contributed by atoms with van der Waals surface area (Å²) >= 11 is 0. The molecule has 0 N–H and O–H groups in total. The zero-order chi connectivity index (χ0) is 37.2. The third-order valence-electron chi connectivity index (χ3n) is 6.90. The number of furan rings is 1. The molecule has 0 saturated carbocycles. The summed E-state index contributed by atoms with van der Waals surface area (Å²) in [6, 6.07) is 6.75. The van der Waals surface area contributed by atoms with Crippen molar-refractivity contribution >= 4 is 54.3 Å². The first kappa shape index (κ1) is 11.7. The van der Waals surface area contributed by atoms with Crippen molar-refractivity contribution in [1.82, 2.24) is 0 Å². The van der Waals surface area contributed by atoms with Crippen LogP contribution in [0.5, 0.6) is 0 Å². The minimum absolute atomic E-state index is 0.0346. The van der Waals surface area contributed by atoms with E-state index in [9.17, 15) is 5.48 Å². The molecular weight excluding hydrogens is 460 g/mol. The fourth-order valence-corrected chi connectivity index (χ4v) is 5.26. The Morgan fingerprint density at radius 1 is 0.553 bits per heavy atom. The molecule has 0 saturated heterocycles. The van der Waals surface area contributed by atoms with Crippen molar-refractivity contribution in [2.45, 2.75) is 6.42 Å². The van der Waals surface area contributed by atoms with E-state index in [-0.39, 0.29) is 55.4 Å². The summed E-state index contributed by atoms with van der Waals surface area (Å²) in [6.45, 7) is 0. The maximum absolute atomic E-state index is 9.22. The predicted octanol–water partition coefficient (Wildman–Crippen LogP) is 10.3. The highest BCUT2D eigenvalue weighted by atomic mass is 16.3. The second-order valence-corrected chi connectivity index (χ2v) is 9.02. The van der Waals surface area contributed by atoms with Gasteiger partial charge >= 0.3 is 0 Å². The molecule has 0 amide bonds. The summed E-state index contributed by atoms with van der Waals surface area (Å²) < 4.78 is 129. The molecule has 0 unspecified atom stereocenters. The van der Waals surface area contributed by atoms with Crippen LogP contribution in [0.1, 0.15) is 30.3 Å². The molecule has 1 heteroatoms. The van der Waals surface area contributed by atoms with Gasteiger partial charge in [-0.3, -0.25) is 0 Å². The number of hydrogen-bond donors (Lipinski definition) is 0. The molecule has 0 spiro atoms. The molecule has 1 heterocycles. The summed E-state index contributed by atoms with van der Waals surface area (Å²) in [5.41, 5.74) is 1.42. The molecule has 0 bridgehead atoms. The zero-order valence-electron chi connectivity index (χ0n) is 33.7. The standard InChI is InChI=1S/C37H24O/c1-2-11-26-22-24(20-21-25(26)10-1)23-34-27-12-3-5-15-30(27)36(31-16-6-4-13-28(31)34)33-18-9-17-32-29-14-7-8-19-35(29)38-37(32)33/h1-22H,23H2/i1D,2D,3D,4D,5D,6D,10D,11D,12D,13D,15D,16D,20D,21D. The van der Waals surface area contributed by atoms with Crippen molar-refractivity contribution < 1.29 is 23.6 Å². The number of rotatable bonds is 3. The zero-order valence-corrected chi connectivity index (χ0v) is 19.7. The second-order valence-electron chi connectivity index (χ2n) is 9.02. The van der Waals surface area contributed by atoms with Gasteiger partial charge in [-0.15, -0.1) is 0 Å². The lowest BCUT2D eigenvalue weighted by Crippen LogP contribution is -1.95. The lowest BCUT2D eigenvalue weighted by molar-refractivity contribution is 0.670. The quantitative estimate of drug-likeness (QED) is 0.221. The second kappa shape index (κ2) is 8.33. The maximum Gasteiger partial charge on any atom is 0.143 e. The fraction of sp³-hybridized carbons (Fsp3) is 0.0270. The molecular formula is C37H24O. The van der Waals surface area contributed by atoms with E-state index in [1.807, 2.05) is 18.2 Å². The molecule has 7 aromatic carbocycles. The molecule has 0 aliphatic heterocycles.